The second-order valence-corrected chi connectivity index (χ2v) is 25.4. The van der Waals surface area contributed by atoms with Crippen molar-refractivity contribution in [1.29, 1.82) is 0 Å². The van der Waals surface area contributed by atoms with E-state index < -0.39 is 12.1 Å². The summed E-state index contributed by atoms with van der Waals surface area (Å²) in [5.41, 5.74) is 0. The van der Waals surface area contributed by atoms with Crippen molar-refractivity contribution >= 4 is 5.91 Å². The Bertz CT molecular complexity index is 1030. The molecule has 0 radical (unpaired) electrons. The highest BCUT2D eigenvalue weighted by Crippen LogP contribution is 2.20. The molecule has 76 heavy (non-hydrogen) atoms. The highest BCUT2D eigenvalue weighted by Gasteiger charge is 2.20. The average Bonchev–Trinajstić information content (AvgIpc) is 3.42. The summed E-state index contributed by atoms with van der Waals surface area (Å²) in [6, 6.07) is -0.533. The van der Waals surface area contributed by atoms with E-state index in [1.54, 1.807) is 0 Å². The number of rotatable bonds is 69. The Morgan fingerprint density at radius 1 is 0.263 bits per heavy atom. The molecule has 0 aliphatic heterocycles. The van der Waals surface area contributed by atoms with E-state index >= 15 is 0 Å². The summed E-state index contributed by atoms with van der Waals surface area (Å²) in [5, 5.41) is 23.5. The van der Waals surface area contributed by atoms with E-state index in [0.717, 1.165) is 25.7 Å². The van der Waals surface area contributed by atoms with Crippen molar-refractivity contribution in [1.82, 2.24) is 5.32 Å². The lowest BCUT2D eigenvalue weighted by Crippen LogP contribution is -2.45. The van der Waals surface area contributed by atoms with Crippen LogP contribution in [0.5, 0.6) is 0 Å². The van der Waals surface area contributed by atoms with E-state index in [0.29, 0.717) is 12.8 Å². The average molecular weight is 1070 g/mol. The van der Waals surface area contributed by atoms with Crippen LogP contribution < -0.4 is 5.32 Å². The molecule has 0 aliphatic carbocycles. The van der Waals surface area contributed by atoms with Crippen LogP contribution in [0.2, 0.25) is 0 Å². The fourth-order valence-corrected chi connectivity index (χ4v) is 12.1. The van der Waals surface area contributed by atoms with Gasteiger partial charge in [0.15, 0.2) is 0 Å². The van der Waals surface area contributed by atoms with Crippen LogP contribution >= 0.6 is 0 Å². The Balaban J connectivity index is 3.33. The molecule has 0 spiro atoms. The number of hydrogen-bond donors (Lipinski definition) is 3. The number of hydrogen-bond acceptors (Lipinski definition) is 3. The fourth-order valence-electron chi connectivity index (χ4n) is 12.1. The van der Waals surface area contributed by atoms with Gasteiger partial charge in [-0.1, -0.05) is 418 Å². The van der Waals surface area contributed by atoms with Gasteiger partial charge in [0.05, 0.1) is 18.8 Å². The van der Waals surface area contributed by atoms with Gasteiger partial charge in [-0.05, 0) is 12.8 Å². The molecule has 0 rings (SSSR count). The number of carbonyl (C=O) groups excluding carboxylic acids is 1. The van der Waals surface area contributed by atoms with E-state index in [9.17, 15) is 15.0 Å². The summed E-state index contributed by atoms with van der Waals surface area (Å²) in [4.78, 5) is 12.6. The van der Waals surface area contributed by atoms with Crippen molar-refractivity contribution in [3.63, 3.8) is 0 Å². The van der Waals surface area contributed by atoms with Crippen molar-refractivity contribution < 1.29 is 15.0 Å². The standard InChI is InChI=1S/C72H145NO3/c1-3-5-7-9-11-13-15-17-19-21-23-25-27-29-30-31-32-33-34-35-36-37-38-39-40-41-42-43-44-46-48-50-52-54-56-58-60-62-64-66-68-72(76)73-70(69-74)71(75)67-65-63-61-59-57-55-53-51-49-47-45-28-26-24-22-20-18-16-14-12-10-8-6-4-2/h70-71,74-75H,3-69H2,1-2H3,(H,73,76). The molecule has 0 saturated heterocycles. The maximum Gasteiger partial charge on any atom is 0.220 e. The van der Waals surface area contributed by atoms with Crippen LogP contribution in [0, 0.1) is 0 Å². The van der Waals surface area contributed by atoms with Gasteiger partial charge in [0.1, 0.15) is 0 Å². The van der Waals surface area contributed by atoms with Crippen LogP contribution in [-0.2, 0) is 4.79 Å². The lowest BCUT2D eigenvalue weighted by atomic mass is 10.0. The Morgan fingerprint density at radius 3 is 0.592 bits per heavy atom. The number of aliphatic hydroxyl groups is 2. The Kier molecular flexibility index (Phi) is 68.1. The van der Waals surface area contributed by atoms with Crippen molar-refractivity contribution in [3.8, 4) is 0 Å². The van der Waals surface area contributed by atoms with Gasteiger partial charge in [0.2, 0.25) is 5.91 Å². The van der Waals surface area contributed by atoms with Crippen LogP contribution in [0.1, 0.15) is 438 Å². The zero-order valence-electron chi connectivity index (χ0n) is 52.8. The lowest BCUT2D eigenvalue weighted by Gasteiger charge is -2.22. The Labute approximate surface area is 480 Å². The van der Waals surface area contributed by atoms with Crippen molar-refractivity contribution in [2.75, 3.05) is 6.61 Å². The highest BCUT2D eigenvalue weighted by atomic mass is 16.3. The molecule has 0 bridgehead atoms. The van der Waals surface area contributed by atoms with Crippen LogP contribution in [0.15, 0.2) is 0 Å². The zero-order valence-corrected chi connectivity index (χ0v) is 52.8. The van der Waals surface area contributed by atoms with Gasteiger partial charge in [-0.25, -0.2) is 0 Å². The first-order chi connectivity index (χ1) is 37.7. The molecule has 0 aromatic rings. The van der Waals surface area contributed by atoms with E-state index in [2.05, 4.69) is 19.2 Å². The van der Waals surface area contributed by atoms with Crippen LogP contribution in [0.4, 0.5) is 0 Å². The number of nitrogens with one attached hydrogen (secondary N) is 1. The SMILES string of the molecule is CCCCCCCCCCCCCCCCCCCCCCCCCCCCCCCCCCCCCCCCCCC(=O)NC(CO)C(O)CCCCCCCCCCCCCCCCCCCCCCCCCC. The van der Waals surface area contributed by atoms with E-state index in [-0.39, 0.29) is 12.5 Å². The molecule has 4 heteroatoms. The van der Waals surface area contributed by atoms with Gasteiger partial charge < -0.3 is 15.5 Å². The minimum atomic E-state index is -0.656. The Hall–Kier alpha value is -0.610. The molecule has 2 unspecified atom stereocenters. The molecule has 3 N–H and O–H groups in total. The topological polar surface area (TPSA) is 69.6 Å². The van der Waals surface area contributed by atoms with Gasteiger partial charge in [-0.15, -0.1) is 0 Å². The highest BCUT2D eigenvalue weighted by molar-refractivity contribution is 5.76. The third-order valence-electron chi connectivity index (χ3n) is 17.6. The van der Waals surface area contributed by atoms with Crippen LogP contribution in [-0.4, -0.2) is 34.9 Å². The van der Waals surface area contributed by atoms with Gasteiger partial charge in [-0.3, -0.25) is 4.79 Å². The third kappa shape index (κ3) is 64.2. The Morgan fingerprint density at radius 2 is 0.421 bits per heavy atom. The molecule has 0 aromatic heterocycles. The molecular formula is C72H145NO3. The molecule has 0 aliphatic rings. The minimum Gasteiger partial charge on any atom is -0.394 e. The summed E-state index contributed by atoms with van der Waals surface area (Å²) in [6.45, 7) is 4.42. The predicted molar refractivity (Wildman–Crippen MR) is 341 cm³/mol. The smallest absolute Gasteiger partial charge is 0.220 e. The molecule has 0 fully saturated rings. The summed E-state index contributed by atoms with van der Waals surface area (Å²) in [5.74, 6) is -0.0191. The van der Waals surface area contributed by atoms with Crippen LogP contribution in [0.3, 0.4) is 0 Å². The molecule has 0 heterocycles. The van der Waals surface area contributed by atoms with Crippen molar-refractivity contribution in [2.24, 2.45) is 0 Å². The second-order valence-electron chi connectivity index (χ2n) is 25.4. The predicted octanol–water partition coefficient (Wildman–Crippen LogP) is 24.6. The zero-order chi connectivity index (χ0) is 54.8. The summed E-state index contributed by atoms with van der Waals surface area (Å²) < 4.78 is 0. The first-order valence-electron chi connectivity index (χ1n) is 36.2. The monoisotopic (exact) mass is 1070 g/mol. The molecule has 456 valence electrons. The molecule has 4 nitrogen and oxygen atoms in total. The lowest BCUT2D eigenvalue weighted by molar-refractivity contribution is -0.123. The van der Waals surface area contributed by atoms with Crippen LogP contribution in [0.25, 0.3) is 0 Å². The van der Waals surface area contributed by atoms with Gasteiger partial charge in [0.25, 0.3) is 0 Å². The maximum atomic E-state index is 12.6. The summed E-state index contributed by atoms with van der Waals surface area (Å²) >= 11 is 0. The van der Waals surface area contributed by atoms with Crippen molar-refractivity contribution in [2.45, 2.75) is 450 Å². The largest absolute Gasteiger partial charge is 0.394 e. The van der Waals surface area contributed by atoms with E-state index in [1.807, 2.05) is 0 Å². The molecular weight excluding hydrogens is 927 g/mol. The summed E-state index contributed by atoms with van der Waals surface area (Å²) in [7, 11) is 0. The van der Waals surface area contributed by atoms with E-state index in [1.165, 1.54) is 385 Å². The number of aliphatic hydroxyl groups excluding tert-OH is 2. The molecule has 0 saturated carbocycles. The van der Waals surface area contributed by atoms with E-state index in [4.69, 9.17) is 0 Å². The first kappa shape index (κ1) is 75.4. The summed E-state index contributed by atoms with van der Waals surface area (Å²) in [6.07, 6.45) is 90.4. The van der Waals surface area contributed by atoms with Gasteiger partial charge in [-0.2, -0.15) is 0 Å². The number of carbonyl (C=O) groups is 1. The first-order valence-corrected chi connectivity index (χ1v) is 36.2. The molecule has 0 aromatic carbocycles. The quantitative estimate of drug-likeness (QED) is 0.0532. The van der Waals surface area contributed by atoms with Gasteiger partial charge >= 0.3 is 0 Å². The second kappa shape index (κ2) is 68.7. The maximum absolute atomic E-state index is 12.6. The number of unbranched alkanes of at least 4 members (excludes halogenated alkanes) is 62. The molecule has 2 atom stereocenters. The number of amides is 1. The fraction of sp³-hybridized carbons (Fsp3) is 0.986. The van der Waals surface area contributed by atoms with Crippen molar-refractivity contribution in [3.05, 3.63) is 0 Å². The third-order valence-corrected chi connectivity index (χ3v) is 17.6. The van der Waals surface area contributed by atoms with Gasteiger partial charge in [0, 0.05) is 6.42 Å². The normalized spacial score (nSPS) is 12.5. The molecule has 1 amide bonds. The minimum absolute atomic E-state index is 0.0191.